The van der Waals surface area contributed by atoms with E-state index in [4.69, 9.17) is 4.42 Å². The Kier molecular flexibility index (Phi) is 5.50. The van der Waals surface area contributed by atoms with Crippen LogP contribution < -0.4 is 10.6 Å². The number of carbonyl (C=O) groups excluding carboxylic acids is 2. The topological polar surface area (TPSA) is 74.6 Å². The SMILES string of the molecule is Cc1ccc(C(=O)NC2CCN(CC(=O)Nc3ccccc3)CC2)o1. The Balaban J connectivity index is 1.41. The molecule has 0 radical (unpaired) electrons. The highest BCUT2D eigenvalue weighted by atomic mass is 16.3. The number of nitrogens with zero attached hydrogens (tertiary/aromatic N) is 1. The number of aryl methyl sites for hydroxylation is 1. The molecule has 1 aromatic carbocycles. The summed E-state index contributed by atoms with van der Waals surface area (Å²) in [5, 5.41) is 5.90. The van der Waals surface area contributed by atoms with Crippen molar-refractivity contribution in [2.24, 2.45) is 0 Å². The third-order valence-electron chi connectivity index (χ3n) is 4.31. The number of likely N-dealkylation sites (tertiary alicyclic amines) is 1. The van der Waals surface area contributed by atoms with Gasteiger partial charge in [0.15, 0.2) is 5.76 Å². The van der Waals surface area contributed by atoms with Crippen LogP contribution >= 0.6 is 0 Å². The molecule has 6 heteroatoms. The van der Waals surface area contributed by atoms with Crippen LogP contribution in [-0.2, 0) is 4.79 Å². The number of anilines is 1. The van der Waals surface area contributed by atoms with Crippen molar-refractivity contribution < 1.29 is 14.0 Å². The lowest BCUT2D eigenvalue weighted by molar-refractivity contribution is -0.117. The van der Waals surface area contributed by atoms with Crippen molar-refractivity contribution in [1.29, 1.82) is 0 Å². The average Bonchev–Trinajstić information content (AvgIpc) is 3.04. The Labute approximate surface area is 147 Å². The second-order valence-electron chi connectivity index (χ2n) is 6.35. The van der Waals surface area contributed by atoms with E-state index in [0.717, 1.165) is 37.4 Å². The smallest absolute Gasteiger partial charge is 0.287 e. The van der Waals surface area contributed by atoms with Gasteiger partial charge in [-0.25, -0.2) is 0 Å². The number of nitrogens with one attached hydrogen (secondary N) is 2. The minimum atomic E-state index is -0.173. The fraction of sp³-hybridized carbons (Fsp3) is 0.368. The minimum Gasteiger partial charge on any atom is -0.456 e. The average molecular weight is 341 g/mol. The highest BCUT2D eigenvalue weighted by molar-refractivity contribution is 5.92. The molecule has 0 saturated carbocycles. The molecule has 0 bridgehead atoms. The van der Waals surface area contributed by atoms with Crippen LogP contribution in [0.2, 0.25) is 0 Å². The van der Waals surface area contributed by atoms with Gasteiger partial charge in [-0.3, -0.25) is 14.5 Å². The number of hydrogen-bond acceptors (Lipinski definition) is 4. The molecule has 0 unspecified atom stereocenters. The van der Waals surface area contributed by atoms with Crippen LogP contribution in [0.5, 0.6) is 0 Å². The van der Waals surface area contributed by atoms with Gasteiger partial charge >= 0.3 is 0 Å². The summed E-state index contributed by atoms with van der Waals surface area (Å²) in [4.78, 5) is 26.3. The van der Waals surface area contributed by atoms with Gasteiger partial charge in [0.25, 0.3) is 5.91 Å². The lowest BCUT2D eigenvalue weighted by Gasteiger charge is -2.31. The number of carbonyl (C=O) groups is 2. The monoisotopic (exact) mass is 341 g/mol. The minimum absolute atomic E-state index is 0.0141. The molecule has 6 nitrogen and oxygen atoms in total. The van der Waals surface area contributed by atoms with Crippen molar-refractivity contribution in [2.75, 3.05) is 25.0 Å². The molecule has 3 rings (SSSR count). The summed E-state index contributed by atoms with van der Waals surface area (Å²) < 4.78 is 5.34. The molecule has 2 N–H and O–H groups in total. The van der Waals surface area contributed by atoms with Gasteiger partial charge in [0.05, 0.1) is 6.54 Å². The Bertz CT molecular complexity index is 719. The summed E-state index contributed by atoms with van der Waals surface area (Å²) in [5.41, 5.74) is 0.809. The Morgan fingerprint density at radius 1 is 1.12 bits per heavy atom. The number of amides is 2. The van der Waals surface area contributed by atoms with Gasteiger partial charge in [-0.2, -0.15) is 0 Å². The first-order valence-corrected chi connectivity index (χ1v) is 8.55. The third-order valence-corrected chi connectivity index (χ3v) is 4.31. The molecule has 1 aromatic heterocycles. The number of para-hydroxylation sites is 1. The Morgan fingerprint density at radius 3 is 2.48 bits per heavy atom. The van der Waals surface area contributed by atoms with Gasteiger partial charge < -0.3 is 15.1 Å². The van der Waals surface area contributed by atoms with E-state index in [1.807, 2.05) is 37.3 Å². The van der Waals surface area contributed by atoms with E-state index in [0.29, 0.717) is 12.3 Å². The van der Waals surface area contributed by atoms with Gasteiger partial charge in [-0.1, -0.05) is 18.2 Å². The Hall–Kier alpha value is -2.60. The first kappa shape index (κ1) is 17.2. The molecule has 132 valence electrons. The molecule has 1 aliphatic rings. The standard InChI is InChI=1S/C19H23N3O3/c1-14-7-8-17(25-14)19(24)21-16-9-11-22(12-10-16)13-18(23)20-15-5-3-2-4-6-15/h2-8,16H,9-13H2,1H3,(H,20,23)(H,21,24). The van der Waals surface area contributed by atoms with Gasteiger partial charge in [0.2, 0.25) is 5.91 Å². The van der Waals surface area contributed by atoms with Gasteiger partial charge in [0.1, 0.15) is 5.76 Å². The zero-order valence-electron chi connectivity index (χ0n) is 14.3. The number of hydrogen-bond donors (Lipinski definition) is 2. The molecular weight excluding hydrogens is 318 g/mol. The molecule has 0 spiro atoms. The summed E-state index contributed by atoms with van der Waals surface area (Å²) in [6.07, 6.45) is 1.65. The van der Waals surface area contributed by atoms with Crippen LogP contribution in [0.1, 0.15) is 29.2 Å². The van der Waals surface area contributed by atoms with E-state index >= 15 is 0 Å². The van der Waals surface area contributed by atoms with Gasteiger partial charge in [0, 0.05) is 24.8 Å². The van der Waals surface area contributed by atoms with Crippen molar-refractivity contribution in [3.63, 3.8) is 0 Å². The molecule has 2 aromatic rings. The maximum atomic E-state index is 12.1. The van der Waals surface area contributed by atoms with Gasteiger partial charge in [-0.15, -0.1) is 0 Å². The first-order valence-electron chi connectivity index (χ1n) is 8.55. The predicted molar refractivity (Wildman–Crippen MR) is 95.4 cm³/mol. The lowest BCUT2D eigenvalue weighted by atomic mass is 10.0. The number of rotatable bonds is 5. The maximum Gasteiger partial charge on any atom is 0.287 e. The van der Waals surface area contributed by atoms with Crippen LogP contribution in [-0.4, -0.2) is 42.4 Å². The van der Waals surface area contributed by atoms with E-state index in [9.17, 15) is 9.59 Å². The number of piperidine rings is 1. The van der Waals surface area contributed by atoms with E-state index in [1.165, 1.54) is 0 Å². The van der Waals surface area contributed by atoms with Crippen molar-refractivity contribution in [1.82, 2.24) is 10.2 Å². The molecule has 25 heavy (non-hydrogen) atoms. The van der Waals surface area contributed by atoms with Crippen molar-refractivity contribution in [2.45, 2.75) is 25.8 Å². The van der Waals surface area contributed by atoms with Crippen LogP contribution in [0.25, 0.3) is 0 Å². The highest BCUT2D eigenvalue weighted by Crippen LogP contribution is 2.13. The number of benzene rings is 1. The van der Waals surface area contributed by atoms with Crippen LogP contribution in [0.15, 0.2) is 46.9 Å². The van der Waals surface area contributed by atoms with E-state index in [1.54, 1.807) is 12.1 Å². The Morgan fingerprint density at radius 2 is 1.84 bits per heavy atom. The fourth-order valence-electron chi connectivity index (χ4n) is 2.97. The van der Waals surface area contributed by atoms with E-state index in [-0.39, 0.29) is 17.9 Å². The lowest BCUT2D eigenvalue weighted by Crippen LogP contribution is -2.46. The van der Waals surface area contributed by atoms with Crippen LogP contribution in [0.3, 0.4) is 0 Å². The molecule has 1 fully saturated rings. The summed E-state index contributed by atoms with van der Waals surface area (Å²) in [6, 6.07) is 13.0. The third kappa shape index (κ3) is 4.93. The maximum absolute atomic E-state index is 12.1. The zero-order valence-corrected chi connectivity index (χ0v) is 14.3. The predicted octanol–water partition coefficient (Wildman–Crippen LogP) is 2.42. The largest absolute Gasteiger partial charge is 0.456 e. The summed E-state index contributed by atoms with van der Waals surface area (Å²) in [6.45, 7) is 3.75. The first-order chi connectivity index (χ1) is 12.1. The molecule has 0 atom stereocenters. The summed E-state index contributed by atoms with van der Waals surface area (Å²) >= 11 is 0. The molecule has 0 aliphatic carbocycles. The van der Waals surface area contributed by atoms with Gasteiger partial charge in [-0.05, 0) is 44.0 Å². The summed E-state index contributed by atoms with van der Waals surface area (Å²) in [5.74, 6) is 0.889. The van der Waals surface area contributed by atoms with E-state index in [2.05, 4.69) is 15.5 Å². The van der Waals surface area contributed by atoms with Crippen molar-refractivity contribution >= 4 is 17.5 Å². The van der Waals surface area contributed by atoms with Crippen LogP contribution in [0, 0.1) is 6.92 Å². The quantitative estimate of drug-likeness (QED) is 0.876. The summed E-state index contributed by atoms with van der Waals surface area (Å²) in [7, 11) is 0. The van der Waals surface area contributed by atoms with Crippen LogP contribution in [0.4, 0.5) is 5.69 Å². The molecule has 1 saturated heterocycles. The normalized spacial score (nSPS) is 15.7. The van der Waals surface area contributed by atoms with E-state index < -0.39 is 0 Å². The van der Waals surface area contributed by atoms with Crippen molar-refractivity contribution in [3.8, 4) is 0 Å². The molecule has 2 amide bonds. The zero-order chi connectivity index (χ0) is 17.6. The number of furan rings is 1. The second kappa shape index (κ2) is 7.98. The highest BCUT2D eigenvalue weighted by Gasteiger charge is 2.23. The second-order valence-corrected chi connectivity index (χ2v) is 6.35. The fourth-order valence-corrected chi connectivity index (χ4v) is 2.97. The molecule has 1 aliphatic heterocycles. The molecular formula is C19H23N3O3. The van der Waals surface area contributed by atoms with Crippen molar-refractivity contribution in [3.05, 3.63) is 54.0 Å². The molecule has 2 heterocycles.